The van der Waals surface area contributed by atoms with Crippen molar-refractivity contribution in [3.63, 3.8) is 0 Å². The lowest BCUT2D eigenvalue weighted by atomic mass is 10.00. The molecule has 0 spiro atoms. The minimum atomic E-state index is -4.56. The first-order valence-corrected chi connectivity index (χ1v) is 5.68. The van der Waals surface area contributed by atoms with Gasteiger partial charge >= 0.3 is 12.1 Å². The Morgan fingerprint density at radius 2 is 2.22 bits per heavy atom. The zero-order chi connectivity index (χ0) is 13.8. The average Bonchev–Trinajstić information content (AvgIpc) is 2.34. The molecule has 18 heavy (non-hydrogen) atoms. The van der Waals surface area contributed by atoms with Gasteiger partial charge < -0.3 is 4.74 Å². The monoisotopic (exact) mass is 264 g/mol. The van der Waals surface area contributed by atoms with Crippen LogP contribution in [-0.4, -0.2) is 43.3 Å². The number of hydrogen-bond acceptors (Lipinski definition) is 4. The molecule has 7 heteroatoms. The third-order valence-electron chi connectivity index (χ3n) is 3.05. The molecule has 0 radical (unpaired) electrons. The first-order chi connectivity index (χ1) is 8.40. The fraction of sp³-hybridized carbons (Fsp3) is 0.818. The molecule has 0 aromatic heterocycles. The number of nitrogens with zero attached hydrogens (tertiary/aromatic N) is 2. The molecule has 0 aromatic rings. The summed E-state index contributed by atoms with van der Waals surface area (Å²) in [5.41, 5.74) is 0. The summed E-state index contributed by atoms with van der Waals surface area (Å²) < 4.78 is 42.1. The fourth-order valence-corrected chi connectivity index (χ4v) is 2.06. The molecule has 102 valence electrons. The molecule has 1 saturated heterocycles. The fourth-order valence-electron chi connectivity index (χ4n) is 2.06. The minimum Gasteiger partial charge on any atom is -0.468 e. The van der Waals surface area contributed by atoms with Gasteiger partial charge in [-0.3, -0.25) is 9.69 Å². The van der Waals surface area contributed by atoms with Crippen LogP contribution in [0.5, 0.6) is 0 Å². The van der Waals surface area contributed by atoms with Crippen molar-refractivity contribution < 1.29 is 22.7 Å². The van der Waals surface area contributed by atoms with Gasteiger partial charge in [0.2, 0.25) is 0 Å². The molecule has 1 rings (SSSR count). The van der Waals surface area contributed by atoms with Crippen molar-refractivity contribution in [1.29, 1.82) is 5.26 Å². The highest BCUT2D eigenvalue weighted by Crippen LogP contribution is 2.28. The average molecular weight is 264 g/mol. The molecule has 1 aliphatic heterocycles. The molecule has 0 amide bonds. The van der Waals surface area contributed by atoms with Crippen molar-refractivity contribution in [2.75, 3.05) is 20.2 Å². The third kappa shape index (κ3) is 3.60. The van der Waals surface area contributed by atoms with E-state index in [1.54, 1.807) is 0 Å². The Bertz CT molecular complexity index is 338. The van der Waals surface area contributed by atoms with Crippen molar-refractivity contribution in [2.24, 2.45) is 5.92 Å². The Morgan fingerprint density at radius 1 is 1.56 bits per heavy atom. The van der Waals surface area contributed by atoms with Crippen LogP contribution in [0.25, 0.3) is 0 Å². The van der Waals surface area contributed by atoms with Crippen LogP contribution in [-0.2, 0) is 9.53 Å². The van der Waals surface area contributed by atoms with E-state index in [9.17, 15) is 18.0 Å². The van der Waals surface area contributed by atoms with E-state index in [1.165, 1.54) is 18.1 Å². The van der Waals surface area contributed by atoms with Crippen molar-refractivity contribution in [3.8, 4) is 6.07 Å². The van der Waals surface area contributed by atoms with E-state index in [2.05, 4.69) is 4.74 Å². The number of carbonyl (C=O) groups is 1. The van der Waals surface area contributed by atoms with Gasteiger partial charge in [-0.25, -0.2) is 0 Å². The van der Waals surface area contributed by atoms with E-state index in [0.717, 1.165) is 12.8 Å². The summed E-state index contributed by atoms with van der Waals surface area (Å²) in [5.74, 6) is -2.60. The van der Waals surface area contributed by atoms with Gasteiger partial charge in [-0.05, 0) is 19.4 Å². The van der Waals surface area contributed by atoms with Crippen LogP contribution in [0.4, 0.5) is 13.2 Å². The Balaban J connectivity index is 2.73. The molecule has 2 unspecified atom stereocenters. The molecule has 4 nitrogen and oxygen atoms in total. The number of hydrogen-bond donors (Lipinski definition) is 0. The maximum atomic E-state index is 12.5. The molecule has 0 saturated carbocycles. The van der Waals surface area contributed by atoms with E-state index in [-0.39, 0.29) is 0 Å². The maximum absolute atomic E-state index is 12.5. The number of piperidine rings is 1. The Labute approximate surface area is 103 Å². The number of rotatable bonds is 3. The summed E-state index contributed by atoms with van der Waals surface area (Å²) in [4.78, 5) is 12.9. The van der Waals surface area contributed by atoms with Crippen molar-refractivity contribution in [1.82, 2.24) is 4.90 Å². The summed E-state index contributed by atoms with van der Waals surface area (Å²) in [7, 11) is 1.21. The van der Waals surface area contributed by atoms with E-state index in [0.29, 0.717) is 13.0 Å². The molecule has 1 aliphatic rings. The van der Waals surface area contributed by atoms with E-state index in [4.69, 9.17) is 5.26 Å². The minimum absolute atomic E-state index is 0.383. The van der Waals surface area contributed by atoms with E-state index in [1.807, 2.05) is 0 Å². The van der Waals surface area contributed by atoms with Gasteiger partial charge in [-0.2, -0.15) is 18.4 Å². The van der Waals surface area contributed by atoms with Crippen LogP contribution in [0.1, 0.15) is 19.3 Å². The van der Waals surface area contributed by atoms with Crippen molar-refractivity contribution in [2.45, 2.75) is 31.5 Å². The highest BCUT2D eigenvalue weighted by Gasteiger charge is 2.43. The van der Waals surface area contributed by atoms with Gasteiger partial charge in [0.15, 0.2) is 5.92 Å². The molecule has 0 aromatic carbocycles. The normalized spacial score (nSPS) is 23.2. The molecule has 1 heterocycles. The van der Waals surface area contributed by atoms with Gasteiger partial charge in [-0.15, -0.1) is 0 Å². The summed E-state index contributed by atoms with van der Waals surface area (Å²) in [6.07, 6.45) is -2.58. The summed E-state index contributed by atoms with van der Waals surface area (Å²) in [6, 6.07) is 0.583. The topological polar surface area (TPSA) is 53.3 Å². The lowest BCUT2D eigenvalue weighted by Crippen LogP contribution is -2.48. The summed E-state index contributed by atoms with van der Waals surface area (Å²) in [6.45, 7) is -0.0895. The number of nitriles is 1. The Hall–Kier alpha value is -1.29. The smallest absolute Gasteiger partial charge is 0.405 e. The SMILES string of the molecule is COC(=O)C1CCCCN1CC(C#N)C(F)(F)F. The lowest BCUT2D eigenvalue weighted by Gasteiger charge is -2.34. The highest BCUT2D eigenvalue weighted by molar-refractivity contribution is 5.75. The van der Waals surface area contributed by atoms with Gasteiger partial charge in [0, 0.05) is 6.54 Å². The van der Waals surface area contributed by atoms with Crippen LogP contribution in [0.15, 0.2) is 0 Å². The number of alkyl halides is 3. The number of carbonyl (C=O) groups excluding carboxylic acids is 1. The molecule has 0 aliphatic carbocycles. The van der Waals surface area contributed by atoms with Gasteiger partial charge in [0.1, 0.15) is 6.04 Å². The number of esters is 1. The predicted molar refractivity (Wildman–Crippen MR) is 56.4 cm³/mol. The van der Waals surface area contributed by atoms with Gasteiger partial charge in [0.05, 0.1) is 13.2 Å². The standard InChI is InChI=1S/C11H15F3N2O2/c1-18-10(17)9-4-2-3-5-16(9)7-8(6-15)11(12,13)14/h8-9H,2-5,7H2,1H3. The van der Waals surface area contributed by atoms with Crippen molar-refractivity contribution >= 4 is 5.97 Å². The van der Waals surface area contributed by atoms with E-state index < -0.39 is 30.7 Å². The number of methoxy groups -OCH3 is 1. The predicted octanol–water partition coefficient (Wildman–Crippen LogP) is 1.72. The highest BCUT2D eigenvalue weighted by atomic mass is 19.4. The third-order valence-corrected chi connectivity index (χ3v) is 3.05. The first kappa shape index (κ1) is 14.8. The quantitative estimate of drug-likeness (QED) is 0.728. The zero-order valence-corrected chi connectivity index (χ0v) is 10.0. The second-order valence-corrected chi connectivity index (χ2v) is 4.25. The number of halogens is 3. The molecule has 0 bridgehead atoms. The first-order valence-electron chi connectivity index (χ1n) is 5.68. The van der Waals surface area contributed by atoms with Crippen molar-refractivity contribution in [3.05, 3.63) is 0 Å². The van der Waals surface area contributed by atoms with Gasteiger partial charge in [0.25, 0.3) is 0 Å². The Kier molecular flexibility index (Phi) is 4.96. The number of likely N-dealkylation sites (tertiary alicyclic amines) is 1. The van der Waals surface area contributed by atoms with Crippen LogP contribution >= 0.6 is 0 Å². The summed E-state index contributed by atoms with van der Waals surface area (Å²) in [5, 5.41) is 8.56. The molecule has 1 fully saturated rings. The molecule has 0 N–H and O–H groups in total. The number of ether oxygens (including phenoxy) is 1. The second kappa shape index (κ2) is 6.05. The lowest BCUT2D eigenvalue weighted by molar-refractivity contribution is -0.169. The Morgan fingerprint density at radius 3 is 2.72 bits per heavy atom. The maximum Gasteiger partial charge on any atom is 0.405 e. The van der Waals surface area contributed by atoms with Crippen LogP contribution < -0.4 is 0 Å². The van der Waals surface area contributed by atoms with Crippen LogP contribution in [0.3, 0.4) is 0 Å². The molecular formula is C11H15F3N2O2. The van der Waals surface area contributed by atoms with E-state index >= 15 is 0 Å². The molecular weight excluding hydrogens is 249 g/mol. The molecule has 2 atom stereocenters. The van der Waals surface area contributed by atoms with Crippen LogP contribution in [0.2, 0.25) is 0 Å². The van der Waals surface area contributed by atoms with Crippen LogP contribution in [0, 0.1) is 17.2 Å². The summed E-state index contributed by atoms with van der Waals surface area (Å²) >= 11 is 0. The van der Waals surface area contributed by atoms with Gasteiger partial charge in [-0.1, -0.05) is 6.42 Å². The largest absolute Gasteiger partial charge is 0.468 e. The zero-order valence-electron chi connectivity index (χ0n) is 10.0. The second-order valence-electron chi connectivity index (χ2n) is 4.25.